The van der Waals surface area contributed by atoms with Crippen molar-refractivity contribution in [1.82, 2.24) is 9.80 Å². The van der Waals surface area contributed by atoms with E-state index in [2.05, 4.69) is 47.4 Å². The summed E-state index contributed by atoms with van der Waals surface area (Å²) < 4.78 is 0. The van der Waals surface area contributed by atoms with Crippen LogP contribution in [0, 0.1) is 0 Å². The van der Waals surface area contributed by atoms with Crippen molar-refractivity contribution < 1.29 is 4.79 Å². The number of fused-ring (bicyclic) bond motifs is 1. The van der Waals surface area contributed by atoms with E-state index in [1.54, 1.807) is 0 Å². The maximum atomic E-state index is 13.4. The number of anilines is 1. The van der Waals surface area contributed by atoms with Gasteiger partial charge in [-0.3, -0.25) is 9.80 Å². The molecule has 4 nitrogen and oxygen atoms in total. The van der Waals surface area contributed by atoms with Crippen LogP contribution in [0.4, 0.5) is 10.5 Å². The van der Waals surface area contributed by atoms with E-state index in [1.807, 2.05) is 21.9 Å². The number of halogens is 1. The third-order valence-corrected chi connectivity index (χ3v) is 7.68. The Kier molecular flexibility index (Phi) is 7.03. The largest absolute Gasteiger partial charge is 0.324 e. The average molecular weight is 464 g/mol. The van der Waals surface area contributed by atoms with E-state index in [9.17, 15) is 4.79 Å². The molecule has 0 spiro atoms. The molecule has 2 amide bonds. The van der Waals surface area contributed by atoms with Crippen molar-refractivity contribution in [2.24, 2.45) is 0 Å². The number of likely N-dealkylation sites (tertiary alicyclic amines) is 2. The number of amides is 2. The summed E-state index contributed by atoms with van der Waals surface area (Å²) in [6.45, 7) is 5.93. The molecule has 0 unspecified atom stereocenters. The Morgan fingerprint density at radius 3 is 2.45 bits per heavy atom. The maximum absolute atomic E-state index is 13.4. The molecule has 0 aromatic heterocycles. The van der Waals surface area contributed by atoms with Crippen LogP contribution in [-0.2, 0) is 6.42 Å². The summed E-state index contributed by atoms with van der Waals surface area (Å²) in [5, 5.41) is 0.778. The SMILES string of the molecule is O=C(N1CCC(c2ccc(Cl)cc2)CC1)N1CCCc2cc(/C=C/CN3CCCC3)ccc21. The Morgan fingerprint density at radius 1 is 0.939 bits per heavy atom. The van der Waals surface area contributed by atoms with E-state index in [1.165, 1.54) is 42.6 Å². The molecule has 0 atom stereocenters. The van der Waals surface area contributed by atoms with E-state index in [-0.39, 0.29) is 6.03 Å². The minimum Gasteiger partial charge on any atom is -0.324 e. The zero-order valence-electron chi connectivity index (χ0n) is 19.4. The van der Waals surface area contributed by atoms with Crippen molar-refractivity contribution in [1.29, 1.82) is 0 Å². The number of hydrogen-bond donors (Lipinski definition) is 0. The minimum absolute atomic E-state index is 0.169. The van der Waals surface area contributed by atoms with Crippen LogP contribution < -0.4 is 4.90 Å². The predicted molar refractivity (Wildman–Crippen MR) is 137 cm³/mol. The first-order valence-electron chi connectivity index (χ1n) is 12.5. The van der Waals surface area contributed by atoms with Crippen LogP contribution in [0.15, 0.2) is 48.5 Å². The fourth-order valence-electron chi connectivity index (χ4n) is 5.53. The van der Waals surface area contributed by atoms with Gasteiger partial charge in [-0.1, -0.05) is 42.0 Å². The minimum atomic E-state index is 0.169. The molecule has 3 aliphatic rings. The number of carbonyl (C=O) groups is 1. The molecule has 3 heterocycles. The van der Waals surface area contributed by atoms with Crippen LogP contribution in [0.2, 0.25) is 5.02 Å². The van der Waals surface area contributed by atoms with Gasteiger partial charge in [-0.2, -0.15) is 0 Å². The average Bonchev–Trinajstić information content (AvgIpc) is 3.37. The van der Waals surface area contributed by atoms with Gasteiger partial charge in [0.2, 0.25) is 0 Å². The quantitative estimate of drug-likeness (QED) is 0.539. The molecule has 174 valence electrons. The zero-order chi connectivity index (χ0) is 22.6. The number of rotatable bonds is 4. The lowest BCUT2D eigenvalue weighted by Gasteiger charge is -2.38. The fraction of sp³-hybridized carbons (Fsp3) is 0.464. The van der Waals surface area contributed by atoms with Gasteiger partial charge in [0.1, 0.15) is 0 Å². The van der Waals surface area contributed by atoms with Gasteiger partial charge < -0.3 is 4.90 Å². The topological polar surface area (TPSA) is 26.8 Å². The van der Waals surface area contributed by atoms with E-state index in [0.29, 0.717) is 5.92 Å². The first-order valence-corrected chi connectivity index (χ1v) is 12.9. The number of hydrogen-bond acceptors (Lipinski definition) is 2. The lowest BCUT2D eigenvalue weighted by molar-refractivity contribution is 0.187. The van der Waals surface area contributed by atoms with Gasteiger partial charge in [-0.25, -0.2) is 4.79 Å². The standard InChI is InChI=1S/C28H34ClN3O/c29-26-10-8-23(9-11-26)24-13-19-31(20-14-24)28(33)32-18-4-6-25-21-22(7-12-27(25)32)5-3-17-30-15-1-2-16-30/h3,5,7-12,21,24H,1-2,4,6,13-20H2/b5-3+. The molecule has 33 heavy (non-hydrogen) atoms. The number of aryl methyl sites for hydroxylation is 1. The second-order valence-corrected chi connectivity index (χ2v) is 10.1. The Bertz CT molecular complexity index is 989. The van der Waals surface area contributed by atoms with E-state index in [0.717, 1.165) is 62.6 Å². The van der Waals surface area contributed by atoms with Gasteiger partial charge >= 0.3 is 6.03 Å². The Morgan fingerprint density at radius 2 is 1.70 bits per heavy atom. The van der Waals surface area contributed by atoms with Crippen molar-refractivity contribution in [3.63, 3.8) is 0 Å². The van der Waals surface area contributed by atoms with Gasteiger partial charge in [-0.15, -0.1) is 0 Å². The first kappa shape index (κ1) is 22.5. The molecular weight excluding hydrogens is 430 g/mol. The lowest BCUT2D eigenvalue weighted by Crippen LogP contribution is -2.48. The number of piperidine rings is 1. The molecule has 2 aromatic carbocycles. The monoisotopic (exact) mass is 463 g/mol. The zero-order valence-corrected chi connectivity index (χ0v) is 20.1. The molecule has 2 aromatic rings. The van der Waals surface area contributed by atoms with Crippen LogP contribution in [0.25, 0.3) is 6.08 Å². The van der Waals surface area contributed by atoms with Gasteiger partial charge in [-0.05, 0) is 98.5 Å². The van der Waals surface area contributed by atoms with Crippen molar-refractivity contribution in [2.75, 3.05) is 44.2 Å². The Balaban J connectivity index is 1.21. The van der Waals surface area contributed by atoms with Gasteiger partial charge in [0.25, 0.3) is 0 Å². The van der Waals surface area contributed by atoms with Crippen molar-refractivity contribution in [2.45, 2.75) is 44.4 Å². The molecule has 2 fully saturated rings. The summed E-state index contributed by atoms with van der Waals surface area (Å²) in [6, 6.07) is 15.0. The Labute approximate surface area is 202 Å². The van der Waals surface area contributed by atoms with Crippen LogP contribution >= 0.6 is 11.6 Å². The highest BCUT2D eigenvalue weighted by Crippen LogP contribution is 2.32. The molecule has 3 aliphatic heterocycles. The smallest absolute Gasteiger partial charge is 0.324 e. The fourth-order valence-corrected chi connectivity index (χ4v) is 5.66. The summed E-state index contributed by atoms with van der Waals surface area (Å²) in [6.07, 6.45) is 11.3. The van der Waals surface area contributed by atoms with Crippen LogP contribution in [0.1, 0.15) is 54.7 Å². The van der Waals surface area contributed by atoms with Crippen LogP contribution in [0.5, 0.6) is 0 Å². The first-order chi connectivity index (χ1) is 16.2. The highest BCUT2D eigenvalue weighted by molar-refractivity contribution is 6.30. The number of urea groups is 1. The third-order valence-electron chi connectivity index (χ3n) is 7.43. The molecule has 2 saturated heterocycles. The molecule has 0 aliphatic carbocycles. The molecule has 0 N–H and O–H groups in total. The molecular formula is C28H34ClN3O. The summed E-state index contributed by atoms with van der Waals surface area (Å²) in [5.74, 6) is 0.509. The Hall–Kier alpha value is -2.30. The van der Waals surface area contributed by atoms with Crippen LogP contribution in [-0.4, -0.2) is 55.1 Å². The molecule has 0 bridgehead atoms. The molecule has 5 rings (SSSR count). The van der Waals surface area contributed by atoms with Crippen molar-refractivity contribution in [3.05, 3.63) is 70.3 Å². The van der Waals surface area contributed by atoms with Gasteiger partial charge in [0.15, 0.2) is 0 Å². The summed E-state index contributed by atoms with van der Waals surface area (Å²) in [4.78, 5) is 20.0. The number of benzene rings is 2. The van der Waals surface area contributed by atoms with E-state index >= 15 is 0 Å². The van der Waals surface area contributed by atoms with E-state index < -0.39 is 0 Å². The van der Waals surface area contributed by atoms with Crippen molar-refractivity contribution >= 4 is 29.4 Å². The van der Waals surface area contributed by atoms with Gasteiger partial charge in [0.05, 0.1) is 0 Å². The molecule has 0 radical (unpaired) electrons. The lowest BCUT2D eigenvalue weighted by atomic mass is 9.89. The van der Waals surface area contributed by atoms with Gasteiger partial charge in [0, 0.05) is 36.9 Å². The second kappa shape index (κ2) is 10.3. The number of nitrogens with zero attached hydrogens (tertiary/aromatic N) is 3. The predicted octanol–water partition coefficient (Wildman–Crippen LogP) is 6.20. The molecule has 0 saturated carbocycles. The van der Waals surface area contributed by atoms with Crippen molar-refractivity contribution in [3.8, 4) is 0 Å². The highest BCUT2D eigenvalue weighted by Gasteiger charge is 2.30. The summed E-state index contributed by atoms with van der Waals surface area (Å²) >= 11 is 6.04. The van der Waals surface area contributed by atoms with E-state index in [4.69, 9.17) is 11.6 Å². The van der Waals surface area contributed by atoms with Crippen LogP contribution in [0.3, 0.4) is 0 Å². The third kappa shape index (κ3) is 5.28. The second-order valence-electron chi connectivity index (χ2n) is 9.65. The summed E-state index contributed by atoms with van der Waals surface area (Å²) in [7, 11) is 0. The summed E-state index contributed by atoms with van der Waals surface area (Å²) in [5.41, 5.74) is 4.97. The molecule has 5 heteroatoms. The normalized spacial score (nSPS) is 19.9. The highest BCUT2D eigenvalue weighted by atomic mass is 35.5. The number of carbonyl (C=O) groups excluding carboxylic acids is 1. The maximum Gasteiger partial charge on any atom is 0.324 e.